The topological polar surface area (TPSA) is 61.9 Å². The number of hydrogen-bond acceptors (Lipinski definition) is 4. The Morgan fingerprint density at radius 2 is 1.62 bits per heavy atom. The zero-order chi connectivity index (χ0) is 19.8. The van der Waals surface area contributed by atoms with Gasteiger partial charge in [0.05, 0.1) is 18.6 Å². The quantitative estimate of drug-likeness (QED) is 0.690. The fourth-order valence-electron chi connectivity index (χ4n) is 7.42. The first-order valence-corrected chi connectivity index (χ1v) is 12.0. The molecule has 1 atom stereocenters. The van der Waals surface area contributed by atoms with Gasteiger partial charge in [0.2, 0.25) is 11.8 Å². The van der Waals surface area contributed by atoms with Crippen molar-refractivity contribution in [3.63, 3.8) is 0 Å². The van der Waals surface area contributed by atoms with Gasteiger partial charge < -0.3 is 15.0 Å². The zero-order valence-electron chi connectivity index (χ0n) is 17.7. The molecule has 29 heavy (non-hydrogen) atoms. The van der Waals surface area contributed by atoms with Crippen LogP contribution in [0.3, 0.4) is 0 Å². The average molecular weight is 404 g/mol. The van der Waals surface area contributed by atoms with Crippen molar-refractivity contribution in [1.82, 2.24) is 15.1 Å². The fraction of sp³-hybridized carbons (Fsp3) is 0.913. The van der Waals surface area contributed by atoms with Crippen LogP contribution in [0.4, 0.5) is 0 Å². The van der Waals surface area contributed by atoms with E-state index in [1.165, 1.54) is 19.3 Å². The highest BCUT2D eigenvalue weighted by Crippen LogP contribution is 2.60. The third kappa shape index (κ3) is 3.95. The first-order valence-electron chi connectivity index (χ1n) is 12.0. The van der Waals surface area contributed by atoms with E-state index in [-0.39, 0.29) is 17.4 Å². The van der Waals surface area contributed by atoms with E-state index >= 15 is 0 Å². The standard InChI is InChI=1S/C23H37N3O3/c27-21(24-4-2-5-25-7-9-29-10-8-25)20-3-1-6-26(20)22(28)23-14-17-11-18(15-23)13-19(12-17)16-23/h17-20H,1-16H2,(H,24,27). The van der Waals surface area contributed by atoms with Crippen molar-refractivity contribution in [1.29, 1.82) is 0 Å². The lowest BCUT2D eigenvalue weighted by molar-refractivity contribution is -0.160. The number of amides is 2. The van der Waals surface area contributed by atoms with Crippen molar-refractivity contribution in [2.75, 3.05) is 45.9 Å². The van der Waals surface area contributed by atoms with Crippen LogP contribution in [0.1, 0.15) is 57.8 Å². The smallest absolute Gasteiger partial charge is 0.242 e. The lowest BCUT2D eigenvalue weighted by Gasteiger charge is -2.56. The zero-order valence-corrected chi connectivity index (χ0v) is 17.7. The molecule has 2 amide bonds. The summed E-state index contributed by atoms with van der Waals surface area (Å²) in [4.78, 5) is 31.0. The van der Waals surface area contributed by atoms with Crippen molar-refractivity contribution >= 4 is 11.8 Å². The van der Waals surface area contributed by atoms with Crippen LogP contribution in [-0.2, 0) is 14.3 Å². The monoisotopic (exact) mass is 403 g/mol. The van der Waals surface area contributed by atoms with Gasteiger partial charge in [0, 0.05) is 26.2 Å². The van der Waals surface area contributed by atoms with E-state index in [4.69, 9.17) is 4.74 Å². The SMILES string of the molecule is O=C(NCCCN1CCOCC1)C1CCCN1C(=O)C12CC3CC(CC(C3)C1)C2. The third-order valence-corrected chi connectivity index (χ3v) is 8.36. The van der Waals surface area contributed by atoms with Crippen molar-refractivity contribution in [2.45, 2.75) is 63.8 Å². The van der Waals surface area contributed by atoms with Gasteiger partial charge in [0.25, 0.3) is 0 Å². The maximum Gasteiger partial charge on any atom is 0.242 e. The Morgan fingerprint density at radius 3 is 2.28 bits per heavy atom. The molecule has 2 aliphatic heterocycles. The number of ether oxygens (including phenoxy) is 1. The summed E-state index contributed by atoms with van der Waals surface area (Å²) in [6.45, 7) is 6.09. The van der Waals surface area contributed by atoms with Gasteiger partial charge in [-0.25, -0.2) is 0 Å². The summed E-state index contributed by atoms with van der Waals surface area (Å²) < 4.78 is 5.38. The number of rotatable bonds is 6. The molecule has 6 fully saturated rings. The van der Waals surface area contributed by atoms with Gasteiger partial charge in [-0.1, -0.05) is 0 Å². The number of nitrogens with one attached hydrogen (secondary N) is 1. The van der Waals surface area contributed by atoms with Crippen LogP contribution in [0.25, 0.3) is 0 Å². The molecule has 6 rings (SSSR count). The Balaban J connectivity index is 1.15. The molecule has 0 aromatic heterocycles. The van der Waals surface area contributed by atoms with Crippen LogP contribution in [0.15, 0.2) is 0 Å². The van der Waals surface area contributed by atoms with Crippen molar-refractivity contribution in [3.05, 3.63) is 0 Å². The molecule has 4 aliphatic carbocycles. The molecule has 6 aliphatic rings. The summed E-state index contributed by atoms with van der Waals surface area (Å²) in [7, 11) is 0. The highest BCUT2D eigenvalue weighted by atomic mass is 16.5. The Kier molecular flexibility index (Phi) is 5.59. The first-order chi connectivity index (χ1) is 14.1. The first kappa shape index (κ1) is 19.8. The number of morpholine rings is 1. The molecule has 1 unspecified atom stereocenters. The predicted molar refractivity (Wildman–Crippen MR) is 110 cm³/mol. The maximum atomic E-state index is 13.7. The van der Waals surface area contributed by atoms with Gasteiger partial charge in [-0.05, 0) is 82.1 Å². The second-order valence-corrected chi connectivity index (χ2v) is 10.5. The Bertz CT molecular complexity index is 596. The molecule has 162 valence electrons. The Labute approximate surface area is 174 Å². The number of carbonyl (C=O) groups is 2. The molecular weight excluding hydrogens is 366 g/mol. The lowest BCUT2D eigenvalue weighted by Crippen LogP contribution is -2.57. The van der Waals surface area contributed by atoms with Gasteiger partial charge in [-0.3, -0.25) is 14.5 Å². The van der Waals surface area contributed by atoms with E-state index in [0.29, 0.717) is 12.5 Å². The minimum absolute atomic E-state index is 0.0718. The minimum Gasteiger partial charge on any atom is -0.379 e. The van der Waals surface area contributed by atoms with E-state index < -0.39 is 0 Å². The van der Waals surface area contributed by atoms with E-state index in [0.717, 1.165) is 95.7 Å². The summed E-state index contributed by atoms with van der Waals surface area (Å²) in [6.07, 6.45) is 10.0. The number of likely N-dealkylation sites (tertiary alicyclic amines) is 1. The highest BCUT2D eigenvalue weighted by Gasteiger charge is 2.56. The molecule has 1 N–H and O–H groups in total. The molecule has 0 aromatic carbocycles. The van der Waals surface area contributed by atoms with E-state index in [1.54, 1.807) is 0 Å². The Morgan fingerprint density at radius 1 is 0.966 bits per heavy atom. The van der Waals surface area contributed by atoms with Crippen molar-refractivity contribution < 1.29 is 14.3 Å². The van der Waals surface area contributed by atoms with E-state index in [9.17, 15) is 9.59 Å². The molecule has 6 nitrogen and oxygen atoms in total. The largest absolute Gasteiger partial charge is 0.379 e. The molecule has 4 saturated carbocycles. The normalized spacial score (nSPS) is 39.1. The van der Waals surface area contributed by atoms with E-state index in [1.807, 2.05) is 4.90 Å². The van der Waals surface area contributed by atoms with Crippen LogP contribution in [0, 0.1) is 23.2 Å². The van der Waals surface area contributed by atoms with Gasteiger partial charge in [0.1, 0.15) is 6.04 Å². The molecule has 2 heterocycles. The van der Waals surface area contributed by atoms with Crippen LogP contribution >= 0.6 is 0 Å². The second kappa shape index (κ2) is 8.18. The van der Waals surface area contributed by atoms with Gasteiger partial charge >= 0.3 is 0 Å². The van der Waals surface area contributed by atoms with Crippen molar-refractivity contribution in [3.8, 4) is 0 Å². The van der Waals surface area contributed by atoms with E-state index in [2.05, 4.69) is 10.2 Å². The summed E-state index contributed by atoms with van der Waals surface area (Å²) in [5.74, 6) is 2.69. The molecule has 0 spiro atoms. The molecule has 2 saturated heterocycles. The van der Waals surface area contributed by atoms with Crippen LogP contribution in [0.2, 0.25) is 0 Å². The molecule has 0 radical (unpaired) electrons. The van der Waals surface area contributed by atoms with Gasteiger partial charge in [-0.15, -0.1) is 0 Å². The van der Waals surface area contributed by atoms with Crippen LogP contribution < -0.4 is 5.32 Å². The number of hydrogen-bond donors (Lipinski definition) is 1. The van der Waals surface area contributed by atoms with Crippen LogP contribution in [-0.4, -0.2) is 73.6 Å². The minimum atomic E-state index is -0.237. The maximum absolute atomic E-state index is 13.7. The average Bonchev–Trinajstić information content (AvgIpc) is 3.20. The molecule has 6 heteroatoms. The second-order valence-electron chi connectivity index (χ2n) is 10.5. The molecular formula is C23H37N3O3. The Hall–Kier alpha value is -1.14. The molecule has 4 bridgehead atoms. The fourth-order valence-corrected chi connectivity index (χ4v) is 7.42. The predicted octanol–water partition coefficient (Wildman–Crippen LogP) is 2.03. The summed E-state index contributed by atoms with van der Waals surface area (Å²) in [6, 6.07) is -0.237. The summed E-state index contributed by atoms with van der Waals surface area (Å²) >= 11 is 0. The number of nitrogens with zero attached hydrogens (tertiary/aromatic N) is 2. The van der Waals surface area contributed by atoms with Gasteiger partial charge in [-0.2, -0.15) is 0 Å². The lowest BCUT2D eigenvalue weighted by atomic mass is 9.49. The van der Waals surface area contributed by atoms with Crippen LogP contribution in [0.5, 0.6) is 0 Å². The number of carbonyl (C=O) groups excluding carboxylic acids is 2. The van der Waals surface area contributed by atoms with Gasteiger partial charge in [0.15, 0.2) is 0 Å². The highest BCUT2D eigenvalue weighted by molar-refractivity contribution is 5.91. The van der Waals surface area contributed by atoms with Crippen molar-refractivity contribution in [2.24, 2.45) is 23.2 Å². The third-order valence-electron chi connectivity index (χ3n) is 8.36. The summed E-state index contributed by atoms with van der Waals surface area (Å²) in [5, 5.41) is 3.13. The summed E-state index contributed by atoms with van der Waals surface area (Å²) in [5.41, 5.74) is -0.131. The molecule has 0 aromatic rings.